The minimum Gasteiger partial charge on any atom is -0.501 e. The van der Waals surface area contributed by atoms with Crippen molar-refractivity contribution in [3.8, 4) is 16.9 Å². The molecule has 158 valence electrons. The lowest BCUT2D eigenvalue weighted by molar-refractivity contribution is 0.0638. The zero-order valence-corrected chi connectivity index (χ0v) is 18.6. The number of fused-ring (bicyclic) bond motifs is 1. The van der Waals surface area contributed by atoms with Gasteiger partial charge in [-0.1, -0.05) is 44.2 Å². The Morgan fingerprint density at radius 2 is 1.80 bits per heavy atom. The third kappa shape index (κ3) is 4.03. The van der Waals surface area contributed by atoms with Crippen molar-refractivity contribution in [2.75, 3.05) is 6.54 Å². The molecule has 30 heavy (non-hydrogen) atoms. The number of carbonyl (C=O) groups is 1. The Morgan fingerprint density at radius 1 is 1.10 bits per heavy atom. The van der Waals surface area contributed by atoms with Crippen LogP contribution < -0.4 is 5.56 Å². The number of aromatic hydroxyl groups is 1. The zero-order valence-electron chi connectivity index (χ0n) is 17.8. The van der Waals surface area contributed by atoms with E-state index in [1.165, 1.54) is 0 Å². The van der Waals surface area contributed by atoms with Crippen LogP contribution in [0.1, 0.15) is 49.6 Å². The molecule has 0 bridgehead atoms. The molecule has 0 fully saturated rings. The third-order valence-electron chi connectivity index (χ3n) is 5.07. The molecule has 6 nitrogen and oxygen atoms in total. The molecule has 3 aromatic rings. The van der Waals surface area contributed by atoms with E-state index in [0.717, 1.165) is 16.7 Å². The van der Waals surface area contributed by atoms with Crippen LogP contribution in [0.25, 0.3) is 11.1 Å². The first-order chi connectivity index (χ1) is 14.5. The Bertz CT molecular complexity index is 1090. The van der Waals surface area contributed by atoms with E-state index in [1.807, 2.05) is 63.4 Å². The van der Waals surface area contributed by atoms with Crippen molar-refractivity contribution in [1.29, 1.82) is 0 Å². The van der Waals surface area contributed by atoms with Gasteiger partial charge in [-0.3, -0.25) is 9.59 Å². The fraction of sp³-hybridized carbons (Fsp3) is 0.348. The highest BCUT2D eigenvalue weighted by atomic mass is 32.1. The van der Waals surface area contributed by atoms with E-state index < -0.39 is 11.3 Å². The molecule has 0 spiro atoms. The number of carbonyl (C=O) groups excluding carboxylic acids is 1. The molecule has 3 heterocycles. The van der Waals surface area contributed by atoms with Gasteiger partial charge in [-0.2, -0.15) is 16.3 Å². The van der Waals surface area contributed by atoms with Crippen LogP contribution >= 0.6 is 11.3 Å². The molecule has 1 aliphatic heterocycles. The normalized spacial score (nSPS) is 13.1. The summed E-state index contributed by atoms with van der Waals surface area (Å²) in [5.74, 6) is -0.383. The molecule has 2 aromatic heterocycles. The number of aromatic nitrogens is 2. The summed E-state index contributed by atoms with van der Waals surface area (Å²) in [5, 5.41) is 14.4. The van der Waals surface area contributed by atoms with E-state index in [0.29, 0.717) is 25.3 Å². The van der Waals surface area contributed by atoms with Crippen LogP contribution in [-0.4, -0.2) is 38.1 Å². The molecule has 7 heteroatoms. The van der Waals surface area contributed by atoms with Crippen LogP contribution in [-0.2, 0) is 13.0 Å². The Kier molecular flexibility index (Phi) is 6.72. The summed E-state index contributed by atoms with van der Waals surface area (Å²) in [5.41, 5.74) is 2.53. The van der Waals surface area contributed by atoms with Crippen molar-refractivity contribution in [2.45, 2.75) is 46.7 Å². The molecule has 1 amide bonds. The fourth-order valence-corrected chi connectivity index (χ4v) is 4.49. The standard InChI is InChI=1S/C21H21N3O3S.C2H6/c1-13(2)23-8-9-24-17(22-20(26)19(25)18(24)21(23)27)10-15-11-28-12-16(15)14-6-4-3-5-7-14;1-2/h3-7,11-13,25H,8-10H2,1-2H3;1-2H3. The number of benzene rings is 1. The number of hydrogen-bond donors (Lipinski definition) is 1. The zero-order chi connectivity index (χ0) is 21.8. The molecule has 1 aromatic carbocycles. The van der Waals surface area contributed by atoms with Gasteiger partial charge in [0.1, 0.15) is 5.82 Å². The fourth-order valence-electron chi connectivity index (χ4n) is 3.62. The van der Waals surface area contributed by atoms with Gasteiger partial charge in [0.25, 0.3) is 5.91 Å². The van der Waals surface area contributed by atoms with Gasteiger partial charge in [-0.25, -0.2) is 0 Å². The molecule has 0 radical (unpaired) electrons. The second-order valence-electron chi connectivity index (χ2n) is 7.13. The van der Waals surface area contributed by atoms with E-state index in [9.17, 15) is 14.7 Å². The highest BCUT2D eigenvalue weighted by Crippen LogP contribution is 2.30. The average Bonchev–Trinajstić information content (AvgIpc) is 3.21. The molecular formula is C23H27N3O3S. The Balaban J connectivity index is 0.00000124. The number of amides is 1. The molecule has 0 unspecified atom stereocenters. The second-order valence-corrected chi connectivity index (χ2v) is 7.87. The van der Waals surface area contributed by atoms with Gasteiger partial charge in [0, 0.05) is 25.6 Å². The summed E-state index contributed by atoms with van der Waals surface area (Å²) in [6.45, 7) is 8.86. The number of hydrogen-bond acceptors (Lipinski definition) is 5. The first-order valence-electron chi connectivity index (χ1n) is 10.2. The van der Waals surface area contributed by atoms with E-state index >= 15 is 0 Å². The first-order valence-corrected chi connectivity index (χ1v) is 11.2. The van der Waals surface area contributed by atoms with Crippen LogP contribution in [0.2, 0.25) is 0 Å². The SMILES string of the molecule is CC.CC(C)N1CCn2c(Cc3cscc3-c3ccccc3)nc(=O)c(O)c2C1=O. The molecule has 0 saturated carbocycles. The van der Waals surface area contributed by atoms with E-state index in [-0.39, 0.29) is 17.6 Å². The maximum Gasteiger partial charge on any atom is 0.315 e. The van der Waals surface area contributed by atoms with Crippen LogP contribution in [0, 0.1) is 0 Å². The molecule has 1 N–H and O–H groups in total. The maximum atomic E-state index is 12.9. The molecule has 1 aliphatic rings. The first kappa shape index (κ1) is 21.8. The van der Waals surface area contributed by atoms with Crippen molar-refractivity contribution >= 4 is 17.2 Å². The Morgan fingerprint density at radius 3 is 2.47 bits per heavy atom. The van der Waals surface area contributed by atoms with Crippen molar-refractivity contribution in [3.05, 3.63) is 68.5 Å². The van der Waals surface area contributed by atoms with Crippen LogP contribution in [0.5, 0.6) is 5.75 Å². The van der Waals surface area contributed by atoms with Gasteiger partial charge in [-0.15, -0.1) is 0 Å². The van der Waals surface area contributed by atoms with Gasteiger partial charge in [-0.05, 0) is 41.3 Å². The highest BCUT2D eigenvalue weighted by molar-refractivity contribution is 7.08. The average molecular weight is 426 g/mol. The minimum absolute atomic E-state index is 0.00563. The summed E-state index contributed by atoms with van der Waals surface area (Å²) < 4.78 is 1.70. The van der Waals surface area contributed by atoms with Crippen LogP contribution in [0.15, 0.2) is 45.9 Å². The van der Waals surface area contributed by atoms with Crippen molar-refractivity contribution in [2.24, 2.45) is 0 Å². The predicted octanol–water partition coefficient (Wildman–Crippen LogP) is 4.16. The largest absolute Gasteiger partial charge is 0.501 e. The summed E-state index contributed by atoms with van der Waals surface area (Å²) in [6.07, 6.45) is 0.422. The van der Waals surface area contributed by atoms with Crippen molar-refractivity contribution in [1.82, 2.24) is 14.5 Å². The van der Waals surface area contributed by atoms with Gasteiger partial charge in [0.05, 0.1) is 0 Å². The third-order valence-corrected chi connectivity index (χ3v) is 5.86. The second kappa shape index (κ2) is 9.26. The number of thiophene rings is 1. The topological polar surface area (TPSA) is 75.4 Å². The maximum absolute atomic E-state index is 12.9. The van der Waals surface area contributed by atoms with Crippen molar-refractivity contribution < 1.29 is 9.90 Å². The Hall–Kier alpha value is -2.93. The summed E-state index contributed by atoms with van der Waals surface area (Å²) in [6, 6.07) is 10.0. The van der Waals surface area contributed by atoms with E-state index in [2.05, 4.69) is 10.4 Å². The summed E-state index contributed by atoms with van der Waals surface area (Å²) >= 11 is 1.59. The molecule has 0 saturated heterocycles. The summed E-state index contributed by atoms with van der Waals surface area (Å²) in [7, 11) is 0. The van der Waals surface area contributed by atoms with Crippen LogP contribution in [0.3, 0.4) is 0 Å². The molecular weight excluding hydrogens is 398 g/mol. The van der Waals surface area contributed by atoms with Gasteiger partial charge in [0.2, 0.25) is 5.75 Å². The predicted molar refractivity (Wildman–Crippen MR) is 120 cm³/mol. The van der Waals surface area contributed by atoms with Gasteiger partial charge in [0.15, 0.2) is 5.69 Å². The molecule has 4 rings (SSSR count). The molecule has 0 aliphatic carbocycles. The smallest absolute Gasteiger partial charge is 0.315 e. The quantitative estimate of drug-likeness (QED) is 0.681. The minimum atomic E-state index is -0.753. The molecule has 0 atom stereocenters. The lowest BCUT2D eigenvalue weighted by Gasteiger charge is -2.33. The number of nitrogens with zero attached hydrogens (tertiary/aromatic N) is 3. The van der Waals surface area contributed by atoms with E-state index in [1.54, 1.807) is 20.8 Å². The van der Waals surface area contributed by atoms with Gasteiger partial charge >= 0.3 is 5.56 Å². The number of rotatable bonds is 4. The lowest BCUT2D eigenvalue weighted by Crippen LogP contribution is -2.46. The Labute approximate surface area is 180 Å². The van der Waals surface area contributed by atoms with Gasteiger partial charge < -0.3 is 14.6 Å². The van der Waals surface area contributed by atoms with Crippen molar-refractivity contribution in [3.63, 3.8) is 0 Å². The van der Waals surface area contributed by atoms with Crippen LogP contribution in [0.4, 0.5) is 0 Å². The van der Waals surface area contributed by atoms with E-state index in [4.69, 9.17) is 0 Å². The monoisotopic (exact) mass is 425 g/mol. The summed E-state index contributed by atoms with van der Waals surface area (Å²) in [4.78, 5) is 30.9. The lowest BCUT2D eigenvalue weighted by atomic mass is 10.0. The highest BCUT2D eigenvalue weighted by Gasteiger charge is 2.32.